The number of amides is 2. The Morgan fingerprint density at radius 1 is 1.04 bits per heavy atom. The third-order valence-corrected chi connectivity index (χ3v) is 3.86. The molecular weight excluding hydrogens is 358 g/mol. The average molecular weight is 379 g/mol. The van der Waals surface area contributed by atoms with Crippen LogP contribution >= 0.6 is 0 Å². The van der Waals surface area contributed by atoms with Crippen molar-refractivity contribution in [1.29, 1.82) is 0 Å². The second-order valence-corrected chi connectivity index (χ2v) is 6.18. The van der Waals surface area contributed by atoms with Gasteiger partial charge in [-0.2, -0.15) is 4.98 Å². The van der Waals surface area contributed by atoms with Crippen molar-refractivity contribution in [2.24, 2.45) is 0 Å². The largest absolute Gasteiger partial charge is 0.339 e. The summed E-state index contributed by atoms with van der Waals surface area (Å²) in [6.07, 6.45) is 5.07. The van der Waals surface area contributed by atoms with Gasteiger partial charge in [-0.3, -0.25) is 14.6 Å². The zero-order chi connectivity index (χ0) is 19.8. The van der Waals surface area contributed by atoms with E-state index < -0.39 is 0 Å². The number of aromatic nitrogens is 3. The number of carbonyl (C=O) groups is 2. The Labute approximate surface area is 162 Å². The van der Waals surface area contributed by atoms with E-state index >= 15 is 0 Å². The summed E-state index contributed by atoms with van der Waals surface area (Å²) in [5.74, 6) is 0.596. The van der Waals surface area contributed by atoms with Crippen LogP contribution in [0.5, 0.6) is 0 Å². The van der Waals surface area contributed by atoms with Gasteiger partial charge in [0.1, 0.15) is 0 Å². The van der Waals surface area contributed by atoms with E-state index in [4.69, 9.17) is 4.52 Å². The van der Waals surface area contributed by atoms with Gasteiger partial charge in [0, 0.05) is 48.6 Å². The van der Waals surface area contributed by atoms with Gasteiger partial charge in [0.15, 0.2) is 0 Å². The Balaban J connectivity index is 1.52. The maximum atomic E-state index is 12.2. The van der Waals surface area contributed by atoms with E-state index in [0.717, 1.165) is 12.0 Å². The van der Waals surface area contributed by atoms with Gasteiger partial charge in [0.25, 0.3) is 0 Å². The first-order valence-electron chi connectivity index (χ1n) is 9.07. The number of anilines is 2. The molecule has 0 radical (unpaired) electrons. The van der Waals surface area contributed by atoms with E-state index in [1.54, 1.807) is 42.7 Å². The molecule has 0 unspecified atom stereocenters. The van der Waals surface area contributed by atoms with Crippen LogP contribution in [-0.2, 0) is 16.0 Å². The van der Waals surface area contributed by atoms with Gasteiger partial charge < -0.3 is 15.2 Å². The SMILES string of the molecule is CCCC(=O)Nc1cccc(NC(=O)CCc2nc(-c3cccnc3)no2)c1. The third-order valence-electron chi connectivity index (χ3n) is 3.86. The first-order chi connectivity index (χ1) is 13.6. The summed E-state index contributed by atoms with van der Waals surface area (Å²) in [5.41, 5.74) is 2.01. The fourth-order valence-corrected chi connectivity index (χ4v) is 2.54. The van der Waals surface area contributed by atoms with E-state index in [1.165, 1.54) is 0 Å². The van der Waals surface area contributed by atoms with Crippen LogP contribution in [-0.4, -0.2) is 26.9 Å². The molecule has 8 heteroatoms. The van der Waals surface area contributed by atoms with Gasteiger partial charge in [0.2, 0.25) is 23.5 Å². The highest BCUT2D eigenvalue weighted by molar-refractivity contribution is 5.94. The van der Waals surface area contributed by atoms with Crippen molar-refractivity contribution >= 4 is 23.2 Å². The molecule has 2 heterocycles. The van der Waals surface area contributed by atoms with Gasteiger partial charge in [-0.05, 0) is 36.8 Å². The van der Waals surface area contributed by atoms with Crippen LogP contribution in [0.4, 0.5) is 11.4 Å². The van der Waals surface area contributed by atoms with Crippen molar-refractivity contribution in [2.45, 2.75) is 32.6 Å². The normalized spacial score (nSPS) is 10.5. The van der Waals surface area contributed by atoms with Crippen LogP contribution in [0.15, 0.2) is 53.3 Å². The summed E-state index contributed by atoms with van der Waals surface area (Å²) >= 11 is 0. The monoisotopic (exact) mass is 379 g/mol. The predicted molar refractivity (Wildman–Crippen MR) is 104 cm³/mol. The molecule has 0 spiro atoms. The Bertz CT molecular complexity index is 940. The molecule has 144 valence electrons. The number of pyridine rings is 1. The van der Waals surface area contributed by atoms with Crippen LogP contribution < -0.4 is 10.6 Å². The Hall–Kier alpha value is -3.55. The van der Waals surface area contributed by atoms with Gasteiger partial charge in [-0.15, -0.1) is 0 Å². The van der Waals surface area contributed by atoms with Crippen LogP contribution in [0.2, 0.25) is 0 Å². The van der Waals surface area contributed by atoms with Gasteiger partial charge in [-0.25, -0.2) is 0 Å². The summed E-state index contributed by atoms with van der Waals surface area (Å²) < 4.78 is 5.19. The zero-order valence-electron chi connectivity index (χ0n) is 15.5. The van der Waals surface area contributed by atoms with Crippen LogP contribution in [0.25, 0.3) is 11.4 Å². The number of rotatable bonds is 8. The molecular formula is C20H21N5O3. The number of benzene rings is 1. The minimum atomic E-state index is -0.182. The van der Waals surface area contributed by atoms with E-state index in [-0.39, 0.29) is 18.2 Å². The topological polar surface area (TPSA) is 110 Å². The number of hydrogen-bond acceptors (Lipinski definition) is 6. The average Bonchev–Trinajstić information content (AvgIpc) is 3.17. The summed E-state index contributed by atoms with van der Waals surface area (Å²) in [6.45, 7) is 1.94. The quantitative estimate of drug-likeness (QED) is 0.620. The molecule has 2 amide bonds. The Kier molecular flexibility index (Phi) is 6.46. The van der Waals surface area contributed by atoms with Gasteiger partial charge >= 0.3 is 0 Å². The maximum Gasteiger partial charge on any atom is 0.227 e. The summed E-state index contributed by atoms with van der Waals surface area (Å²) in [7, 11) is 0. The number of aryl methyl sites for hydroxylation is 1. The molecule has 0 fully saturated rings. The first kappa shape index (κ1) is 19.2. The molecule has 0 aliphatic rings. The summed E-state index contributed by atoms with van der Waals surface area (Å²) in [4.78, 5) is 32.2. The lowest BCUT2D eigenvalue weighted by molar-refractivity contribution is -0.117. The van der Waals surface area contributed by atoms with E-state index in [2.05, 4.69) is 25.8 Å². The highest BCUT2D eigenvalue weighted by atomic mass is 16.5. The standard InChI is InChI=1S/C20H21N5O3/c1-2-5-17(26)22-15-7-3-8-16(12-15)23-18(27)9-10-19-24-20(25-28-19)14-6-4-11-21-13-14/h3-4,6-8,11-13H,2,5,9-10H2,1H3,(H,22,26)(H,23,27). The number of nitrogens with one attached hydrogen (secondary N) is 2. The van der Waals surface area contributed by atoms with Crippen molar-refractivity contribution < 1.29 is 14.1 Å². The molecule has 2 N–H and O–H groups in total. The minimum Gasteiger partial charge on any atom is -0.339 e. The number of nitrogens with zero attached hydrogens (tertiary/aromatic N) is 3. The van der Waals surface area contributed by atoms with Gasteiger partial charge in [0.05, 0.1) is 0 Å². The third kappa shape index (κ3) is 5.47. The molecule has 3 aromatic rings. The smallest absolute Gasteiger partial charge is 0.227 e. The Morgan fingerprint density at radius 2 is 1.79 bits per heavy atom. The van der Waals surface area contributed by atoms with Crippen molar-refractivity contribution in [2.75, 3.05) is 10.6 Å². The zero-order valence-corrected chi connectivity index (χ0v) is 15.5. The minimum absolute atomic E-state index is 0.0493. The molecule has 2 aromatic heterocycles. The van der Waals surface area contributed by atoms with Crippen molar-refractivity contribution in [3.8, 4) is 11.4 Å². The maximum absolute atomic E-state index is 12.2. The molecule has 0 atom stereocenters. The van der Waals surface area contributed by atoms with Crippen molar-refractivity contribution in [3.63, 3.8) is 0 Å². The van der Waals surface area contributed by atoms with Gasteiger partial charge in [-0.1, -0.05) is 18.1 Å². The summed E-state index contributed by atoms with van der Waals surface area (Å²) in [5, 5.41) is 9.51. The van der Waals surface area contributed by atoms with Crippen LogP contribution in [0.1, 0.15) is 32.1 Å². The van der Waals surface area contributed by atoms with Crippen LogP contribution in [0, 0.1) is 0 Å². The fourth-order valence-electron chi connectivity index (χ4n) is 2.54. The molecule has 0 saturated heterocycles. The lowest BCUT2D eigenvalue weighted by Crippen LogP contribution is -2.14. The molecule has 0 bridgehead atoms. The predicted octanol–water partition coefficient (Wildman–Crippen LogP) is 3.44. The lowest BCUT2D eigenvalue weighted by atomic mass is 10.2. The number of hydrogen-bond donors (Lipinski definition) is 2. The molecule has 0 aliphatic carbocycles. The summed E-state index contributed by atoms with van der Waals surface area (Å²) in [6, 6.07) is 10.7. The molecule has 3 rings (SSSR count). The van der Waals surface area contributed by atoms with Crippen LogP contribution in [0.3, 0.4) is 0 Å². The van der Waals surface area contributed by atoms with E-state index in [0.29, 0.717) is 35.9 Å². The second kappa shape index (κ2) is 9.40. The fraction of sp³-hybridized carbons (Fsp3) is 0.250. The van der Waals surface area contributed by atoms with Crippen molar-refractivity contribution in [1.82, 2.24) is 15.1 Å². The molecule has 8 nitrogen and oxygen atoms in total. The molecule has 0 saturated carbocycles. The molecule has 28 heavy (non-hydrogen) atoms. The number of carbonyl (C=O) groups excluding carboxylic acids is 2. The van der Waals surface area contributed by atoms with Crippen molar-refractivity contribution in [3.05, 3.63) is 54.7 Å². The van der Waals surface area contributed by atoms with E-state index in [1.807, 2.05) is 13.0 Å². The lowest BCUT2D eigenvalue weighted by Gasteiger charge is -2.08. The molecule has 1 aromatic carbocycles. The van der Waals surface area contributed by atoms with E-state index in [9.17, 15) is 9.59 Å². The first-order valence-corrected chi connectivity index (χ1v) is 9.07. The highest BCUT2D eigenvalue weighted by Crippen LogP contribution is 2.17. The highest BCUT2D eigenvalue weighted by Gasteiger charge is 2.11. The Morgan fingerprint density at radius 3 is 2.46 bits per heavy atom. The molecule has 0 aliphatic heterocycles. The second-order valence-electron chi connectivity index (χ2n) is 6.18.